The van der Waals surface area contributed by atoms with Gasteiger partial charge < -0.3 is 15.4 Å². The number of imide groups is 1. The van der Waals surface area contributed by atoms with Gasteiger partial charge in [0.15, 0.2) is 6.61 Å². The molecule has 0 unspecified atom stereocenters. The zero-order valence-electron chi connectivity index (χ0n) is 17.0. The Morgan fingerprint density at radius 2 is 1.90 bits per heavy atom. The number of benzene rings is 1. The molecule has 0 aromatic heterocycles. The lowest BCUT2D eigenvalue weighted by Crippen LogP contribution is -2.48. The SMILES string of the molecule is Cc1ccc(NC(=O)COC(=O)CN2C(=O)NC3(CCCCC3)C2=O)cc1S(N)(=O)=O. The zero-order chi connectivity index (χ0) is 22.8. The largest absolute Gasteiger partial charge is 0.454 e. The van der Waals surface area contributed by atoms with Crippen molar-refractivity contribution in [1.29, 1.82) is 0 Å². The molecule has 4 amide bonds. The van der Waals surface area contributed by atoms with Gasteiger partial charge in [-0.3, -0.25) is 19.3 Å². The van der Waals surface area contributed by atoms with Crippen LogP contribution in [0.25, 0.3) is 0 Å². The summed E-state index contributed by atoms with van der Waals surface area (Å²) in [6.07, 6.45) is 3.68. The van der Waals surface area contributed by atoms with Gasteiger partial charge in [-0.15, -0.1) is 0 Å². The molecule has 1 aliphatic carbocycles. The van der Waals surface area contributed by atoms with Crippen molar-refractivity contribution < 1.29 is 32.3 Å². The van der Waals surface area contributed by atoms with Crippen molar-refractivity contribution >= 4 is 39.5 Å². The molecular formula is C19H24N4O7S. The Kier molecular flexibility index (Phi) is 6.32. The molecule has 168 valence electrons. The Morgan fingerprint density at radius 3 is 2.55 bits per heavy atom. The summed E-state index contributed by atoms with van der Waals surface area (Å²) < 4.78 is 28.0. The first-order chi connectivity index (χ1) is 14.5. The van der Waals surface area contributed by atoms with Gasteiger partial charge in [-0.25, -0.2) is 18.4 Å². The maximum absolute atomic E-state index is 12.6. The van der Waals surface area contributed by atoms with Crippen LogP contribution in [0.4, 0.5) is 10.5 Å². The van der Waals surface area contributed by atoms with Crippen molar-refractivity contribution in [3.05, 3.63) is 23.8 Å². The van der Waals surface area contributed by atoms with Crippen molar-refractivity contribution in [2.45, 2.75) is 49.5 Å². The minimum Gasteiger partial charge on any atom is -0.454 e. The second kappa shape index (κ2) is 8.63. The van der Waals surface area contributed by atoms with Gasteiger partial charge in [0, 0.05) is 5.69 Å². The average molecular weight is 452 g/mol. The molecule has 4 N–H and O–H groups in total. The second-order valence-electron chi connectivity index (χ2n) is 7.70. The van der Waals surface area contributed by atoms with E-state index in [0.29, 0.717) is 18.4 Å². The Bertz CT molecular complexity index is 1030. The van der Waals surface area contributed by atoms with E-state index in [1.807, 2.05) is 0 Å². The first-order valence-corrected chi connectivity index (χ1v) is 11.3. The molecule has 3 rings (SSSR count). The molecule has 12 heteroatoms. The minimum atomic E-state index is -3.97. The van der Waals surface area contributed by atoms with Crippen molar-refractivity contribution in [2.75, 3.05) is 18.5 Å². The number of esters is 1. The number of aryl methyl sites for hydroxylation is 1. The van der Waals surface area contributed by atoms with E-state index in [1.165, 1.54) is 18.2 Å². The number of primary sulfonamides is 1. The summed E-state index contributed by atoms with van der Waals surface area (Å²) in [5.74, 6) is -2.09. The molecule has 1 spiro atoms. The lowest BCUT2D eigenvalue weighted by molar-refractivity contribution is -0.150. The molecule has 31 heavy (non-hydrogen) atoms. The quantitative estimate of drug-likeness (QED) is 0.414. The van der Waals surface area contributed by atoms with Gasteiger partial charge in [0.2, 0.25) is 10.0 Å². The predicted molar refractivity (Wildman–Crippen MR) is 108 cm³/mol. The number of nitrogens with two attached hydrogens (primary N) is 1. The summed E-state index contributed by atoms with van der Waals surface area (Å²) in [5, 5.41) is 10.2. The predicted octanol–water partition coefficient (Wildman–Crippen LogP) is 0.379. The van der Waals surface area contributed by atoms with Crippen molar-refractivity contribution in [2.24, 2.45) is 5.14 Å². The number of urea groups is 1. The fourth-order valence-corrected chi connectivity index (χ4v) is 4.62. The van der Waals surface area contributed by atoms with Gasteiger partial charge in [-0.05, 0) is 37.5 Å². The number of amides is 4. The topological polar surface area (TPSA) is 165 Å². The molecular weight excluding hydrogens is 428 g/mol. The molecule has 1 saturated carbocycles. The number of hydrogen-bond donors (Lipinski definition) is 3. The summed E-state index contributed by atoms with van der Waals surface area (Å²) in [5.41, 5.74) is -0.375. The van der Waals surface area contributed by atoms with Crippen LogP contribution in [0.3, 0.4) is 0 Å². The van der Waals surface area contributed by atoms with Crippen LogP contribution in [0.1, 0.15) is 37.7 Å². The number of nitrogens with zero attached hydrogens (tertiary/aromatic N) is 1. The van der Waals surface area contributed by atoms with Crippen LogP contribution in [0.15, 0.2) is 23.1 Å². The summed E-state index contributed by atoms with van der Waals surface area (Å²) in [7, 11) is -3.97. The lowest BCUT2D eigenvalue weighted by atomic mass is 9.82. The van der Waals surface area contributed by atoms with Gasteiger partial charge >= 0.3 is 12.0 Å². The number of nitrogens with one attached hydrogen (secondary N) is 2. The molecule has 1 heterocycles. The van der Waals surface area contributed by atoms with Crippen LogP contribution in [0.2, 0.25) is 0 Å². The molecule has 1 saturated heterocycles. The molecule has 1 aromatic rings. The van der Waals surface area contributed by atoms with E-state index in [1.54, 1.807) is 6.92 Å². The third-order valence-electron chi connectivity index (χ3n) is 5.38. The number of carbonyl (C=O) groups is 4. The highest BCUT2D eigenvalue weighted by molar-refractivity contribution is 7.89. The summed E-state index contributed by atoms with van der Waals surface area (Å²) in [4.78, 5) is 49.6. The third kappa shape index (κ3) is 5.02. The highest BCUT2D eigenvalue weighted by Crippen LogP contribution is 2.33. The number of ether oxygens (including phenoxy) is 1. The molecule has 0 radical (unpaired) electrons. The monoisotopic (exact) mass is 452 g/mol. The van der Waals surface area contributed by atoms with Gasteiger partial charge in [-0.2, -0.15) is 0 Å². The summed E-state index contributed by atoms with van der Waals surface area (Å²) in [6, 6.07) is 3.49. The molecule has 0 bridgehead atoms. The number of rotatable bonds is 6. The minimum absolute atomic E-state index is 0.141. The molecule has 11 nitrogen and oxygen atoms in total. The van der Waals surface area contributed by atoms with Gasteiger partial charge in [0.05, 0.1) is 4.90 Å². The molecule has 2 aliphatic rings. The summed E-state index contributed by atoms with van der Waals surface area (Å²) >= 11 is 0. The van der Waals surface area contributed by atoms with E-state index < -0.39 is 52.5 Å². The number of sulfonamides is 1. The maximum Gasteiger partial charge on any atom is 0.326 e. The van der Waals surface area contributed by atoms with Crippen molar-refractivity contribution in [1.82, 2.24) is 10.2 Å². The van der Waals surface area contributed by atoms with E-state index in [2.05, 4.69) is 10.6 Å². The van der Waals surface area contributed by atoms with Gasteiger partial charge in [0.1, 0.15) is 12.1 Å². The first-order valence-electron chi connectivity index (χ1n) is 9.75. The van der Waals surface area contributed by atoms with Gasteiger partial charge in [0.25, 0.3) is 11.8 Å². The molecule has 1 aliphatic heterocycles. The molecule has 0 atom stereocenters. The van der Waals surface area contributed by atoms with Crippen LogP contribution in [-0.4, -0.2) is 55.8 Å². The fraction of sp³-hybridized carbons (Fsp3) is 0.474. The van der Waals surface area contributed by atoms with Crippen LogP contribution in [0.5, 0.6) is 0 Å². The van der Waals surface area contributed by atoms with Crippen LogP contribution in [-0.2, 0) is 29.1 Å². The van der Waals surface area contributed by atoms with E-state index in [4.69, 9.17) is 9.88 Å². The van der Waals surface area contributed by atoms with E-state index in [-0.39, 0.29) is 10.6 Å². The van der Waals surface area contributed by atoms with Crippen molar-refractivity contribution in [3.8, 4) is 0 Å². The maximum atomic E-state index is 12.6. The first kappa shape index (κ1) is 22.7. The van der Waals surface area contributed by atoms with Crippen LogP contribution in [0, 0.1) is 6.92 Å². The number of anilines is 1. The van der Waals surface area contributed by atoms with Crippen LogP contribution < -0.4 is 15.8 Å². The van der Waals surface area contributed by atoms with Crippen LogP contribution >= 0.6 is 0 Å². The van der Waals surface area contributed by atoms with E-state index in [0.717, 1.165) is 24.2 Å². The molecule has 1 aromatic carbocycles. The lowest BCUT2D eigenvalue weighted by Gasteiger charge is -2.30. The van der Waals surface area contributed by atoms with E-state index in [9.17, 15) is 27.6 Å². The third-order valence-corrected chi connectivity index (χ3v) is 6.44. The molecule has 2 fully saturated rings. The normalized spacial score (nSPS) is 18.1. The number of carbonyl (C=O) groups excluding carboxylic acids is 4. The average Bonchev–Trinajstić information content (AvgIpc) is 2.91. The van der Waals surface area contributed by atoms with Gasteiger partial charge in [-0.1, -0.05) is 25.3 Å². The Labute approximate surface area is 179 Å². The highest BCUT2D eigenvalue weighted by Gasteiger charge is 2.51. The summed E-state index contributed by atoms with van der Waals surface area (Å²) in [6.45, 7) is 0.284. The Morgan fingerprint density at radius 1 is 1.23 bits per heavy atom. The smallest absolute Gasteiger partial charge is 0.326 e. The zero-order valence-corrected chi connectivity index (χ0v) is 17.8. The highest BCUT2D eigenvalue weighted by atomic mass is 32.2. The second-order valence-corrected chi connectivity index (χ2v) is 9.23. The fourth-order valence-electron chi connectivity index (χ4n) is 3.82. The number of hydrogen-bond acceptors (Lipinski definition) is 7. The standard InChI is InChI=1S/C19H24N4O7S/c1-12-5-6-13(9-14(12)31(20,28)29)21-15(24)11-30-16(25)10-23-17(26)19(22-18(23)27)7-3-2-4-8-19/h5-6,9H,2-4,7-8,10-11H2,1H3,(H,21,24)(H,22,27)(H2,20,28,29). The van der Waals surface area contributed by atoms with E-state index >= 15 is 0 Å². The van der Waals surface area contributed by atoms with Crippen molar-refractivity contribution in [3.63, 3.8) is 0 Å². The Hall–Kier alpha value is -2.99. The Balaban J connectivity index is 1.54.